The molecule has 1 atom stereocenters. The van der Waals surface area contributed by atoms with Gasteiger partial charge in [0.25, 0.3) is 0 Å². The van der Waals surface area contributed by atoms with Crippen LogP contribution in [0.15, 0.2) is 0 Å². The van der Waals surface area contributed by atoms with Crippen LogP contribution in [-0.4, -0.2) is 37.4 Å². The minimum absolute atomic E-state index is 0.0388. The van der Waals surface area contributed by atoms with E-state index < -0.39 is 0 Å². The van der Waals surface area contributed by atoms with E-state index in [2.05, 4.69) is 5.32 Å². The molecule has 0 aromatic carbocycles. The van der Waals surface area contributed by atoms with Gasteiger partial charge in [0, 0.05) is 20.6 Å². The average Bonchev–Trinajstić information content (AvgIpc) is 1.97. The molecule has 0 saturated carbocycles. The second kappa shape index (κ2) is 6.12. The monoisotopic (exact) mass is 161 g/mol. The van der Waals surface area contributed by atoms with Gasteiger partial charge in [-0.05, 0) is 6.42 Å². The van der Waals surface area contributed by atoms with Gasteiger partial charge >= 0.3 is 0 Å². The van der Waals surface area contributed by atoms with Gasteiger partial charge in [-0.25, -0.2) is 0 Å². The number of aliphatic hydroxyl groups is 1. The lowest BCUT2D eigenvalue weighted by atomic mass is 10.2. The van der Waals surface area contributed by atoms with Crippen molar-refractivity contribution in [2.45, 2.75) is 19.4 Å². The van der Waals surface area contributed by atoms with E-state index in [4.69, 9.17) is 9.84 Å². The lowest BCUT2D eigenvalue weighted by Crippen LogP contribution is -2.36. The van der Waals surface area contributed by atoms with E-state index in [0.29, 0.717) is 13.0 Å². The smallest absolute Gasteiger partial charge is 0.217 e. The Balaban J connectivity index is 3.49. The zero-order valence-corrected chi connectivity index (χ0v) is 6.96. The molecule has 0 saturated heterocycles. The first kappa shape index (κ1) is 10.4. The molecule has 0 heterocycles. The third kappa shape index (κ3) is 5.82. The summed E-state index contributed by atoms with van der Waals surface area (Å²) in [5, 5.41) is 11.3. The van der Waals surface area contributed by atoms with Crippen LogP contribution in [0.3, 0.4) is 0 Å². The molecule has 11 heavy (non-hydrogen) atoms. The van der Waals surface area contributed by atoms with Gasteiger partial charge in [0.2, 0.25) is 5.91 Å². The molecule has 0 aliphatic carbocycles. The predicted molar refractivity (Wildman–Crippen MR) is 41.2 cm³/mol. The van der Waals surface area contributed by atoms with Crippen LogP contribution in [0.2, 0.25) is 0 Å². The van der Waals surface area contributed by atoms with E-state index in [9.17, 15) is 4.79 Å². The zero-order chi connectivity index (χ0) is 8.69. The number of nitrogens with one attached hydrogen (secondary N) is 1. The number of amides is 1. The molecule has 0 rings (SSSR count). The minimum Gasteiger partial charge on any atom is -0.394 e. The van der Waals surface area contributed by atoms with Gasteiger partial charge in [0.05, 0.1) is 12.6 Å². The summed E-state index contributed by atoms with van der Waals surface area (Å²) in [5.74, 6) is -0.125. The van der Waals surface area contributed by atoms with E-state index in [1.165, 1.54) is 6.92 Å². The molecule has 0 aromatic rings. The van der Waals surface area contributed by atoms with Crippen molar-refractivity contribution in [2.75, 3.05) is 20.3 Å². The van der Waals surface area contributed by atoms with Crippen LogP contribution in [0.5, 0.6) is 0 Å². The highest BCUT2D eigenvalue weighted by Gasteiger charge is 2.06. The fourth-order valence-corrected chi connectivity index (χ4v) is 0.757. The number of hydrogen-bond acceptors (Lipinski definition) is 3. The zero-order valence-electron chi connectivity index (χ0n) is 6.96. The Morgan fingerprint density at radius 3 is 2.73 bits per heavy atom. The minimum atomic E-state index is -0.174. The Labute approximate surface area is 66.5 Å². The molecular weight excluding hydrogens is 146 g/mol. The topological polar surface area (TPSA) is 58.6 Å². The average molecular weight is 161 g/mol. The van der Waals surface area contributed by atoms with Crippen LogP contribution in [0.4, 0.5) is 0 Å². The first-order chi connectivity index (χ1) is 5.20. The third-order valence-electron chi connectivity index (χ3n) is 1.30. The summed E-state index contributed by atoms with van der Waals surface area (Å²) in [4.78, 5) is 10.5. The predicted octanol–water partition coefficient (Wildman–Crippen LogP) is -0.480. The van der Waals surface area contributed by atoms with Gasteiger partial charge in [0.15, 0.2) is 0 Å². The van der Waals surface area contributed by atoms with E-state index in [1.807, 2.05) is 0 Å². The number of carbonyl (C=O) groups excluding carboxylic acids is 1. The summed E-state index contributed by atoms with van der Waals surface area (Å²) in [6, 6.07) is -0.174. The summed E-state index contributed by atoms with van der Waals surface area (Å²) in [6.07, 6.45) is 0.645. The van der Waals surface area contributed by atoms with Crippen LogP contribution < -0.4 is 5.32 Å². The molecule has 0 aromatic heterocycles. The standard InChI is InChI=1S/C7H15NO3/c1-6(10)8-7(5-9)3-4-11-2/h7,9H,3-5H2,1-2H3,(H,8,10)/t7-/m0/s1. The van der Waals surface area contributed by atoms with E-state index in [1.54, 1.807) is 7.11 Å². The maximum Gasteiger partial charge on any atom is 0.217 e. The highest BCUT2D eigenvalue weighted by molar-refractivity contribution is 5.73. The summed E-state index contributed by atoms with van der Waals surface area (Å²) in [6.45, 7) is 1.93. The van der Waals surface area contributed by atoms with Crippen LogP contribution >= 0.6 is 0 Å². The fourth-order valence-electron chi connectivity index (χ4n) is 0.757. The van der Waals surface area contributed by atoms with Gasteiger partial charge < -0.3 is 15.2 Å². The van der Waals surface area contributed by atoms with Gasteiger partial charge in [-0.15, -0.1) is 0 Å². The highest BCUT2D eigenvalue weighted by Crippen LogP contribution is 1.90. The number of aliphatic hydroxyl groups excluding tert-OH is 1. The molecule has 1 amide bonds. The van der Waals surface area contributed by atoms with Crippen molar-refractivity contribution in [3.8, 4) is 0 Å². The molecule has 66 valence electrons. The summed E-state index contributed by atoms with van der Waals surface area (Å²) in [5.41, 5.74) is 0. The molecule has 0 radical (unpaired) electrons. The third-order valence-corrected chi connectivity index (χ3v) is 1.30. The molecule has 0 spiro atoms. The van der Waals surface area contributed by atoms with Crippen LogP contribution in [0, 0.1) is 0 Å². The highest BCUT2D eigenvalue weighted by atomic mass is 16.5. The molecule has 4 nitrogen and oxygen atoms in total. The Bertz CT molecular complexity index is 116. The lowest BCUT2D eigenvalue weighted by molar-refractivity contribution is -0.120. The molecule has 0 bridgehead atoms. The number of ether oxygens (including phenoxy) is 1. The van der Waals surface area contributed by atoms with Crippen molar-refractivity contribution in [2.24, 2.45) is 0 Å². The van der Waals surface area contributed by atoms with E-state index in [-0.39, 0.29) is 18.6 Å². The largest absolute Gasteiger partial charge is 0.394 e. The lowest BCUT2D eigenvalue weighted by Gasteiger charge is -2.13. The summed E-state index contributed by atoms with van der Waals surface area (Å²) < 4.78 is 4.79. The molecule has 0 fully saturated rings. The van der Waals surface area contributed by atoms with Gasteiger partial charge in [-0.3, -0.25) is 4.79 Å². The number of rotatable bonds is 5. The number of carbonyl (C=O) groups is 1. The van der Waals surface area contributed by atoms with Crippen molar-refractivity contribution in [3.05, 3.63) is 0 Å². The first-order valence-electron chi connectivity index (χ1n) is 3.57. The van der Waals surface area contributed by atoms with Gasteiger partial charge in [0.1, 0.15) is 0 Å². The van der Waals surface area contributed by atoms with Crippen molar-refractivity contribution >= 4 is 5.91 Å². The quantitative estimate of drug-likeness (QED) is 0.572. The number of methoxy groups -OCH3 is 1. The Morgan fingerprint density at radius 2 is 2.36 bits per heavy atom. The summed E-state index contributed by atoms with van der Waals surface area (Å²) in [7, 11) is 1.59. The van der Waals surface area contributed by atoms with Crippen molar-refractivity contribution < 1.29 is 14.6 Å². The molecule has 0 aliphatic rings. The van der Waals surface area contributed by atoms with Gasteiger partial charge in [-0.2, -0.15) is 0 Å². The van der Waals surface area contributed by atoms with Crippen LogP contribution in [-0.2, 0) is 9.53 Å². The number of hydrogen-bond donors (Lipinski definition) is 2. The molecule has 0 unspecified atom stereocenters. The van der Waals surface area contributed by atoms with E-state index in [0.717, 1.165) is 0 Å². The Morgan fingerprint density at radius 1 is 1.73 bits per heavy atom. The van der Waals surface area contributed by atoms with Crippen molar-refractivity contribution in [3.63, 3.8) is 0 Å². The maximum atomic E-state index is 10.5. The van der Waals surface area contributed by atoms with Crippen LogP contribution in [0.25, 0.3) is 0 Å². The van der Waals surface area contributed by atoms with Crippen molar-refractivity contribution in [1.29, 1.82) is 0 Å². The second-order valence-electron chi connectivity index (χ2n) is 2.36. The Hall–Kier alpha value is -0.610. The Kier molecular flexibility index (Phi) is 5.78. The normalized spacial score (nSPS) is 12.6. The fraction of sp³-hybridized carbons (Fsp3) is 0.857. The summed E-state index contributed by atoms with van der Waals surface area (Å²) >= 11 is 0. The molecular formula is C7H15NO3. The molecule has 4 heteroatoms. The second-order valence-corrected chi connectivity index (χ2v) is 2.36. The first-order valence-corrected chi connectivity index (χ1v) is 3.57. The molecule has 0 aliphatic heterocycles. The van der Waals surface area contributed by atoms with E-state index >= 15 is 0 Å². The van der Waals surface area contributed by atoms with Crippen molar-refractivity contribution in [1.82, 2.24) is 5.32 Å². The maximum absolute atomic E-state index is 10.5. The van der Waals surface area contributed by atoms with Crippen LogP contribution in [0.1, 0.15) is 13.3 Å². The molecule has 2 N–H and O–H groups in total. The SMILES string of the molecule is COCC[C@@H](CO)NC(C)=O. The van der Waals surface area contributed by atoms with Gasteiger partial charge in [-0.1, -0.05) is 0 Å².